The van der Waals surface area contributed by atoms with Gasteiger partial charge in [0.2, 0.25) is 0 Å². The summed E-state index contributed by atoms with van der Waals surface area (Å²) in [6.45, 7) is 5.80. The Kier molecular flexibility index (Phi) is 5.89. The summed E-state index contributed by atoms with van der Waals surface area (Å²) in [5.41, 5.74) is 1.86. The van der Waals surface area contributed by atoms with Crippen LogP contribution in [0.3, 0.4) is 0 Å². The van der Waals surface area contributed by atoms with Crippen LogP contribution in [0.2, 0.25) is 5.02 Å². The van der Waals surface area contributed by atoms with E-state index in [1.807, 2.05) is 0 Å². The minimum Gasteiger partial charge on any atom is -0.360 e. The van der Waals surface area contributed by atoms with Crippen LogP contribution < -0.4 is 4.80 Å². The quantitative estimate of drug-likeness (QED) is 0.382. The molecule has 164 valence electrons. The Bertz CT molecular complexity index is 1540. The molecule has 0 fully saturated rings. The van der Waals surface area contributed by atoms with Crippen molar-refractivity contribution in [2.24, 2.45) is 4.99 Å². The van der Waals surface area contributed by atoms with Gasteiger partial charge in [-0.05, 0) is 31.2 Å². The molecule has 0 saturated heterocycles. The van der Waals surface area contributed by atoms with Gasteiger partial charge in [0.15, 0.2) is 14.6 Å². The smallest absolute Gasteiger partial charge is 0.285 e. The van der Waals surface area contributed by atoms with Crippen LogP contribution >= 0.6 is 22.9 Å². The number of nitrogens with zero attached hydrogens (tertiary/aromatic N) is 3. The third-order valence-corrected chi connectivity index (χ3v) is 7.28. The molecule has 7 nitrogen and oxygen atoms in total. The topological polar surface area (TPSA) is 94.5 Å². The van der Waals surface area contributed by atoms with E-state index >= 15 is 0 Å². The number of hydrogen-bond donors (Lipinski definition) is 0. The van der Waals surface area contributed by atoms with Crippen LogP contribution in [-0.4, -0.2) is 30.3 Å². The van der Waals surface area contributed by atoms with Crippen LogP contribution in [0.5, 0.6) is 0 Å². The van der Waals surface area contributed by atoms with Gasteiger partial charge in [0.25, 0.3) is 5.91 Å². The molecular weight excluding hydrogens is 470 g/mol. The Morgan fingerprint density at radius 2 is 2.06 bits per heavy atom. The number of benzene rings is 2. The van der Waals surface area contributed by atoms with Crippen molar-refractivity contribution in [2.45, 2.75) is 18.4 Å². The molecule has 0 radical (unpaired) electrons. The standard InChI is InChI=1S/C22H18ClN3O4S2/c1-4-11-26-17-10-9-14(32(3,28)29)12-18(17)31-22(26)24-21(27)19-13(2)30-25-20(19)15-7-5-6-8-16(15)23/h4-10,12H,1,11H2,2-3H3. The summed E-state index contributed by atoms with van der Waals surface area (Å²) >= 11 is 7.51. The lowest BCUT2D eigenvalue weighted by atomic mass is 10.1. The van der Waals surface area contributed by atoms with E-state index in [0.717, 1.165) is 11.8 Å². The molecule has 10 heteroatoms. The van der Waals surface area contributed by atoms with Crippen LogP contribution in [0.1, 0.15) is 16.1 Å². The minimum atomic E-state index is -3.37. The predicted octanol–water partition coefficient (Wildman–Crippen LogP) is 4.65. The average molecular weight is 488 g/mol. The van der Waals surface area contributed by atoms with Gasteiger partial charge in [-0.3, -0.25) is 4.79 Å². The Hall–Kier alpha value is -3.01. The number of carbonyl (C=O) groups excluding carboxylic acids is 1. The fraction of sp³-hybridized carbons (Fsp3) is 0.136. The number of hydrogen-bond acceptors (Lipinski definition) is 6. The average Bonchev–Trinajstić information content (AvgIpc) is 3.28. The summed E-state index contributed by atoms with van der Waals surface area (Å²) in [7, 11) is -3.37. The molecule has 2 heterocycles. The van der Waals surface area contributed by atoms with Gasteiger partial charge in [-0.2, -0.15) is 4.99 Å². The molecule has 0 bridgehead atoms. The zero-order chi connectivity index (χ0) is 23.0. The third-order valence-electron chi connectivity index (χ3n) is 4.80. The van der Waals surface area contributed by atoms with Gasteiger partial charge in [-0.1, -0.05) is 52.4 Å². The largest absolute Gasteiger partial charge is 0.360 e. The van der Waals surface area contributed by atoms with Crippen LogP contribution in [0.25, 0.3) is 21.5 Å². The summed E-state index contributed by atoms with van der Waals surface area (Å²) < 4.78 is 31.6. The number of allylic oxidation sites excluding steroid dienone is 1. The summed E-state index contributed by atoms with van der Waals surface area (Å²) in [6.07, 6.45) is 2.83. The van der Waals surface area contributed by atoms with E-state index < -0.39 is 15.7 Å². The van der Waals surface area contributed by atoms with Gasteiger partial charge in [0.05, 0.1) is 20.1 Å². The second-order valence-electron chi connectivity index (χ2n) is 7.04. The fourth-order valence-electron chi connectivity index (χ4n) is 3.28. The Morgan fingerprint density at radius 1 is 1.31 bits per heavy atom. The molecule has 0 saturated carbocycles. The van der Waals surface area contributed by atoms with Crippen molar-refractivity contribution in [3.8, 4) is 11.3 Å². The first-order valence-corrected chi connectivity index (χ1v) is 12.5. The van der Waals surface area contributed by atoms with Crippen molar-refractivity contribution >= 4 is 48.9 Å². The van der Waals surface area contributed by atoms with Gasteiger partial charge in [0, 0.05) is 18.4 Å². The molecule has 0 aliphatic rings. The number of amides is 1. The molecule has 0 spiro atoms. The number of thiazole rings is 1. The normalized spacial score (nSPS) is 12.4. The van der Waals surface area contributed by atoms with Crippen LogP contribution in [-0.2, 0) is 16.4 Å². The van der Waals surface area contributed by atoms with Crippen molar-refractivity contribution < 1.29 is 17.7 Å². The van der Waals surface area contributed by atoms with Crippen LogP contribution in [0.15, 0.2) is 69.5 Å². The van der Waals surface area contributed by atoms with Gasteiger partial charge in [0.1, 0.15) is 17.0 Å². The summed E-state index contributed by atoms with van der Waals surface area (Å²) in [5.74, 6) is -0.212. The van der Waals surface area contributed by atoms with E-state index in [1.54, 1.807) is 54.0 Å². The lowest BCUT2D eigenvalue weighted by molar-refractivity contribution is 0.0997. The number of halogens is 1. The van der Waals surface area contributed by atoms with Gasteiger partial charge >= 0.3 is 0 Å². The zero-order valence-corrected chi connectivity index (χ0v) is 19.6. The van der Waals surface area contributed by atoms with E-state index in [-0.39, 0.29) is 10.5 Å². The van der Waals surface area contributed by atoms with Gasteiger partial charge < -0.3 is 9.09 Å². The fourth-order valence-corrected chi connectivity index (χ4v) is 5.30. The van der Waals surface area contributed by atoms with E-state index in [0.29, 0.717) is 38.1 Å². The minimum absolute atomic E-state index is 0.200. The molecule has 0 N–H and O–H groups in total. The van der Waals surface area contributed by atoms with Gasteiger partial charge in [-0.15, -0.1) is 6.58 Å². The number of sulfone groups is 1. The maximum absolute atomic E-state index is 13.2. The highest BCUT2D eigenvalue weighted by Gasteiger charge is 2.23. The molecular formula is C22H18ClN3O4S2. The highest BCUT2D eigenvalue weighted by atomic mass is 35.5. The molecule has 2 aromatic carbocycles. The molecule has 0 aliphatic carbocycles. The van der Waals surface area contributed by atoms with E-state index in [4.69, 9.17) is 16.1 Å². The van der Waals surface area contributed by atoms with Crippen LogP contribution in [0.4, 0.5) is 0 Å². The number of carbonyl (C=O) groups is 1. The molecule has 32 heavy (non-hydrogen) atoms. The zero-order valence-electron chi connectivity index (χ0n) is 17.2. The van der Waals surface area contributed by atoms with E-state index in [1.165, 1.54) is 17.4 Å². The Morgan fingerprint density at radius 3 is 2.75 bits per heavy atom. The highest BCUT2D eigenvalue weighted by Crippen LogP contribution is 2.31. The SMILES string of the molecule is C=CCn1c(=NC(=O)c2c(-c3ccccc3Cl)noc2C)sc2cc(S(C)(=O)=O)ccc21. The van der Waals surface area contributed by atoms with Gasteiger partial charge in [-0.25, -0.2) is 8.42 Å². The molecule has 4 aromatic rings. The molecule has 1 amide bonds. The van der Waals surface area contributed by atoms with Crippen molar-refractivity contribution in [3.05, 3.63) is 76.3 Å². The molecule has 4 rings (SSSR count). The first kappa shape index (κ1) is 22.2. The molecule has 0 atom stereocenters. The lowest BCUT2D eigenvalue weighted by Gasteiger charge is -2.03. The summed E-state index contributed by atoms with van der Waals surface area (Å²) in [6, 6.07) is 11.9. The Labute approximate surface area is 193 Å². The maximum Gasteiger partial charge on any atom is 0.285 e. The Balaban J connectivity index is 1.89. The number of aryl methyl sites for hydroxylation is 1. The first-order chi connectivity index (χ1) is 15.2. The van der Waals surface area contributed by atoms with E-state index in [9.17, 15) is 13.2 Å². The number of rotatable bonds is 5. The number of fused-ring (bicyclic) bond motifs is 1. The van der Waals surface area contributed by atoms with Crippen molar-refractivity contribution in [1.29, 1.82) is 0 Å². The second kappa shape index (κ2) is 8.50. The van der Waals surface area contributed by atoms with Crippen molar-refractivity contribution in [2.75, 3.05) is 6.26 Å². The van der Waals surface area contributed by atoms with Crippen molar-refractivity contribution in [1.82, 2.24) is 9.72 Å². The molecule has 2 aromatic heterocycles. The van der Waals surface area contributed by atoms with Crippen molar-refractivity contribution in [3.63, 3.8) is 0 Å². The van der Waals surface area contributed by atoms with Crippen LogP contribution in [0, 0.1) is 6.92 Å². The second-order valence-corrected chi connectivity index (χ2v) is 10.5. The first-order valence-electron chi connectivity index (χ1n) is 9.45. The molecule has 0 aliphatic heterocycles. The molecule has 0 unspecified atom stereocenters. The predicted molar refractivity (Wildman–Crippen MR) is 125 cm³/mol. The lowest BCUT2D eigenvalue weighted by Crippen LogP contribution is -2.16. The summed E-state index contributed by atoms with van der Waals surface area (Å²) in [4.78, 5) is 18.2. The highest BCUT2D eigenvalue weighted by molar-refractivity contribution is 7.90. The van der Waals surface area contributed by atoms with E-state index in [2.05, 4.69) is 16.7 Å². The third kappa shape index (κ3) is 4.06. The maximum atomic E-state index is 13.2. The summed E-state index contributed by atoms with van der Waals surface area (Å²) in [5, 5.41) is 4.46. The number of aromatic nitrogens is 2. The monoisotopic (exact) mass is 487 g/mol.